The predicted octanol–water partition coefficient (Wildman–Crippen LogP) is 4.65. The fourth-order valence-electron chi connectivity index (χ4n) is 4.74. The molecule has 3 aromatic carbocycles. The molecular weight excluding hydrogens is 470 g/mol. The lowest BCUT2D eigenvalue weighted by Crippen LogP contribution is -2.49. The largest absolute Gasteiger partial charge is 0.497 e. The molecule has 0 bridgehead atoms. The van der Waals surface area contributed by atoms with Crippen LogP contribution in [0.1, 0.15) is 11.1 Å². The zero-order chi connectivity index (χ0) is 24.7. The molecule has 36 heavy (non-hydrogen) atoms. The molecule has 4 aromatic rings. The molecule has 0 spiro atoms. The minimum absolute atomic E-state index is 0.285. The Kier molecular flexibility index (Phi) is 8.01. The number of nitrogens with zero attached hydrogens (tertiary/aromatic N) is 3. The molecule has 5 rings (SSSR count). The summed E-state index contributed by atoms with van der Waals surface area (Å²) in [6.45, 7) is 4.52. The van der Waals surface area contributed by atoms with Crippen LogP contribution in [0.5, 0.6) is 11.5 Å². The molecule has 1 aliphatic rings. The van der Waals surface area contributed by atoms with Gasteiger partial charge >= 0.3 is 0 Å². The van der Waals surface area contributed by atoms with Crippen molar-refractivity contribution in [1.29, 1.82) is 0 Å². The highest BCUT2D eigenvalue weighted by atomic mass is 32.1. The van der Waals surface area contributed by atoms with Crippen LogP contribution in [0, 0.1) is 0 Å². The van der Waals surface area contributed by atoms with E-state index in [1.807, 2.05) is 30.3 Å². The zero-order valence-electron chi connectivity index (χ0n) is 20.7. The number of aliphatic hydroxyl groups is 1. The second-order valence-electron chi connectivity index (χ2n) is 9.21. The molecule has 0 radical (unpaired) electrons. The summed E-state index contributed by atoms with van der Waals surface area (Å²) in [5, 5.41) is 11.9. The highest BCUT2D eigenvalue weighted by Crippen LogP contribution is 2.30. The molecule has 0 amide bonds. The standard InChI is InChI=1S/C29H33N3O3S/c1-34-25-9-6-7-22(19-25)13-14-23-8-2-4-11-27(23)35-21-24(33)20-31-15-17-32(18-16-31)29-26-10-3-5-12-28(26)36-30-29/h2-12,19,24,33H,13-18,20-21H2,1H3. The van der Waals surface area contributed by atoms with Crippen LogP contribution in [0.4, 0.5) is 5.82 Å². The summed E-state index contributed by atoms with van der Waals surface area (Å²) in [7, 11) is 1.69. The van der Waals surface area contributed by atoms with Gasteiger partial charge in [0.1, 0.15) is 30.0 Å². The van der Waals surface area contributed by atoms with Gasteiger partial charge in [-0.15, -0.1) is 0 Å². The number of rotatable bonds is 10. The van der Waals surface area contributed by atoms with Crippen LogP contribution in [-0.4, -0.2) is 66.9 Å². The number of piperazine rings is 1. The van der Waals surface area contributed by atoms with Gasteiger partial charge in [0.15, 0.2) is 0 Å². The van der Waals surface area contributed by atoms with E-state index in [0.717, 1.165) is 61.9 Å². The maximum Gasteiger partial charge on any atom is 0.150 e. The Bertz CT molecular complexity index is 1270. The number of hydrogen-bond donors (Lipinski definition) is 1. The van der Waals surface area contributed by atoms with Gasteiger partial charge < -0.3 is 19.5 Å². The maximum atomic E-state index is 10.7. The molecular formula is C29H33N3O3S. The topological polar surface area (TPSA) is 58.1 Å². The lowest BCUT2D eigenvalue weighted by molar-refractivity contribution is 0.0659. The van der Waals surface area contributed by atoms with Crippen molar-refractivity contribution in [3.8, 4) is 11.5 Å². The second-order valence-corrected chi connectivity index (χ2v) is 10.0. The number of aromatic nitrogens is 1. The van der Waals surface area contributed by atoms with Gasteiger partial charge in [-0.3, -0.25) is 4.90 Å². The van der Waals surface area contributed by atoms with Crippen molar-refractivity contribution >= 4 is 27.4 Å². The van der Waals surface area contributed by atoms with E-state index in [-0.39, 0.29) is 6.61 Å². The maximum absolute atomic E-state index is 10.7. The Morgan fingerprint density at radius 2 is 1.75 bits per heavy atom. The first-order valence-corrected chi connectivity index (χ1v) is 13.3. The third kappa shape index (κ3) is 5.98. The number of β-amino-alcohol motifs (C(OH)–C–C–N with tert-alkyl or cyclic N) is 1. The van der Waals surface area contributed by atoms with Gasteiger partial charge in [0.05, 0.1) is 11.8 Å². The molecule has 1 unspecified atom stereocenters. The lowest BCUT2D eigenvalue weighted by Gasteiger charge is -2.35. The Morgan fingerprint density at radius 3 is 2.61 bits per heavy atom. The molecule has 1 aromatic heterocycles. The number of para-hydroxylation sites is 1. The fourth-order valence-corrected chi connectivity index (χ4v) is 5.53. The first kappa shape index (κ1) is 24.6. The van der Waals surface area contributed by atoms with Crippen molar-refractivity contribution in [3.05, 3.63) is 83.9 Å². The molecule has 0 saturated carbocycles. The van der Waals surface area contributed by atoms with E-state index in [9.17, 15) is 5.11 Å². The first-order chi connectivity index (χ1) is 17.7. The Morgan fingerprint density at radius 1 is 0.944 bits per heavy atom. The molecule has 1 N–H and O–H groups in total. The summed E-state index contributed by atoms with van der Waals surface area (Å²) in [5.74, 6) is 2.81. The van der Waals surface area contributed by atoms with Crippen molar-refractivity contribution in [1.82, 2.24) is 9.27 Å². The molecule has 2 heterocycles. The number of benzene rings is 3. The summed E-state index contributed by atoms with van der Waals surface area (Å²) in [5.41, 5.74) is 2.38. The average molecular weight is 504 g/mol. The summed E-state index contributed by atoms with van der Waals surface area (Å²) in [6, 6.07) is 24.7. The van der Waals surface area contributed by atoms with Gasteiger partial charge in [0, 0.05) is 38.1 Å². The number of methoxy groups -OCH3 is 1. The van der Waals surface area contributed by atoms with E-state index in [0.29, 0.717) is 6.54 Å². The van der Waals surface area contributed by atoms with Crippen LogP contribution in [0.3, 0.4) is 0 Å². The van der Waals surface area contributed by atoms with Crippen LogP contribution in [0.25, 0.3) is 10.1 Å². The SMILES string of the molecule is COc1cccc(CCc2ccccc2OCC(O)CN2CCN(c3nsc4ccccc34)CC2)c1. The van der Waals surface area contributed by atoms with Crippen LogP contribution < -0.4 is 14.4 Å². The number of aryl methyl sites for hydroxylation is 2. The molecule has 0 aliphatic carbocycles. The van der Waals surface area contributed by atoms with Crippen LogP contribution >= 0.6 is 11.5 Å². The van der Waals surface area contributed by atoms with E-state index >= 15 is 0 Å². The molecule has 188 valence electrons. The van der Waals surface area contributed by atoms with E-state index in [2.05, 4.69) is 52.3 Å². The van der Waals surface area contributed by atoms with Crippen LogP contribution in [-0.2, 0) is 12.8 Å². The van der Waals surface area contributed by atoms with Gasteiger partial charge in [-0.2, -0.15) is 4.37 Å². The molecule has 1 atom stereocenters. The van der Waals surface area contributed by atoms with Gasteiger partial charge in [-0.25, -0.2) is 0 Å². The number of fused-ring (bicyclic) bond motifs is 1. The van der Waals surface area contributed by atoms with E-state index in [4.69, 9.17) is 13.8 Å². The predicted molar refractivity (Wildman–Crippen MR) is 147 cm³/mol. The summed E-state index contributed by atoms with van der Waals surface area (Å²) in [4.78, 5) is 4.67. The minimum atomic E-state index is -0.539. The van der Waals surface area contributed by atoms with Crippen molar-refractivity contribution in [2.75, 3.05) is 51.3 Å². The molecule has 1 saturated heterocycles. The zero-order valence-corrected chi connectivity index (χ0v) is 21.5. The van der Waals surface area contributed by atoms with E-state index in [1.165, 1.54) is 15.6 Å². The van der Waals surface area contributed by atoms with E-state index < -0.39 is 6.10 Å². The summed E-state index contributed by atoms with van der Waals surface area (Å²) >= 11 is 1.56. The third-order valence-electron chi connectivity index (χ3n) is 6.72. The molecule has 7 heteroatoms. The van der Waals surface area contributed by atoms with Gasteiger partial charge in [0.25, 0.3) is 0 Å². The normalized spacial score (nSPS) is 15.2. The van der Waals surface area contributed by atoms with Crippen molar-refractivity contribution < 1.29 is 14.6 Å². The highest BCUT2D eigenvalue weighted by Gasteiger charge is 2.22. The lowest BCUT2D eigenvalue weighted by atomic mass is 10.0. The number of ether oxygens (including phenoxy) is 2. The van der Waals surface area contributed by atoms with Gasteiger partial charge in [0.2, 0.25) is 0 Å². The monoisotopic (exact) mass is 503 g/mol. The third-order valence-corrected chi connectivity index (χ3v) is 7.54. The van der Waals surface area contributed by atoms with Crippen molar-refractivity contribution in [2.45, 2.75) is 18.9 Å². The first-order valence-electron chi connectivity index (χ1n) is 12.5. The van der Waals surface area contributed by atoms with Crippen LogP contribution in [0.2, 0.25) is 0 Å². The number of hydrogen-bond acceptors (Lipinski definition) is 7. The fraction of sp³-hybridized carbons (Fsp3) is 0.345. The quantitative estimate of drug-likeness (QED) is 0.340. The summed E-state index contributed by atoms with van der Waals surface area (Å²) < 4.78 is 17.3. The van der Waals surface area contributed by atoms with Crippen molar-refractivity contribution in [3.63, 3.8) is 0 Å². The minimum Gasteiger partial charge on any atom is -0.497 e. The molecule has 1 fully saturated rings. The number of aliphatic hydroxyl groups excluding tert-OH is 1. The Hall–Kier alpha value is -3.13. The van der Waals surface area contributed by atoms with Crippen molar-refractivity contribution in [2.24, 2.45) is 0 Å². The van der Waals surface area contributed by atoms with Gasteiger partial charge in [-0.05, 0) is 65.8 Å². The summed E-state index contributed by atoms with van der Waals surface area (Å²) in [6.07, 6.45) is 1.23. The van der Waals surface area contributed by atoms with E-state index in [1.54, 1.807) is 18.6 Å². The molecule has 1 aliphatic heterocycles. The second kappa shape index (κ2) is 11.7. The number of anilines is 1. The Balaban J connectivity index is 1.10. The highest BCUT2D eigenvalue weighted by molar-refractivity contribution is 7.13. The Labute approximate surface area is 216 Å². The van der Waals surface area contributed by atoms with Gasteiger partial charge in [-0.1, -0.05) is 42.5 Å². The average Bonchev–Trinajstić information content (AvgIpc) is 3.36. The van der Waals surface area contributed by atoms with Crippen LogP contribution in [0.15, 0.2) is 72.8 Å². The smallest absolute Gasteiger partial charge is 0.150 e. The molecule has 6 nitrogen and oxygen atoms in total.